The van der Waals surface area contributed by atoms with Crippen molar-refractivity contribution in [2.75, 3.05) is 6.54 Å². The van der Waals surface area contributed by atoms with E-state index in [0.29, 0.717) is 12.6 Å². The maximum absolute atomic E-state index is 5.81. The van der Waals surface area contributed by atoms with Gasteiger partial charge in [0.1, 0.15) is 0 Å². The lowest BCUT2D eigenvalue weighted by Crippen LogP contribution is -2.35. The first kappa shape index (κ1) is 11.4. The molecule has 0 aliphatic heterocycles. The van der Waals surface area contributed by atoms with Gasteiger partial charge in [0.15, 0.2) is 0 Å². The van der Waals surface area contributed by atoms with Crippen LogP contribution in [0.2, 0.25) is 0 Å². The predicted molar refractivity (Wildman–Crippen MR) is 65.0 cm³/mol. The van der Waals surface area contributed by atoms with Crippen LogP contribution in [-0.2, 0) is 6.54 Å². The molecule has 1 unspecified atom stereocenters. The Bertz CT molecular complexity index is 348. The number of hydrogen-bond acceptors (Lipinski definition) is 3. The fourth-order valence-electron chi connectivity index (χ4n) is 2.07. The zero-order valence-corrected chi connectivity index (χ0v) is 9.76. The van der Waals surface area contributed by atoms with Crippen molar-refractivity contribution in [1.29, 1.82) is 0 Å². The fourth-order valence-corrected chi connectivity index (χ4v) is 2.07. The minimum atomic E-state index is 0.227. The Labute approximate surface area is 96.5 Å². The molecule has 0 bridgehead atoms. The van der Waals surface area contributed by atoms with E-state index in [1.165, 1.54) is 5.56 Å². The molecule has 1 aromatic rings. The Kier molecular flexibility index (Phi) is 3.74. The standard InChI is InChI=1S/C12H20N4/c1-2-16-9-10(8-14-16)12(7-13)15-11-5-3-4-6-11/h3-4,8-9,11-12,15H,2,5-7,13H2,1H3. The van der Waals surface area contributed by atoms with E-state index in [1.54, 1.807) is 0 Å². The second-order valence-corrected chi connectivity index (χ2v) is 4.22. The summed E-state index contributed by atoms with van der Waals surface area (Å²) in [5.41, 5.74) is 7.00. The number of hydrogen-bond donors (Lipinski definition) is 2. The molecule has 4 heteroatoms. The van der Waals surface area contributed by atoms with Gasteiger partial charge in [-0.1, -0.05) is 12.2 Å². The zero-order chi connectivity index (χ0) is 11.4. The smallest absolute Gasteiger partial charge is 0.0538 e. The molecule has 0 saturated carbocycles. The summed E-state index contributed by atoms with van der Waals surface area (Å²) in [6, 6.07) is 0.767. The molecule has 0 spiro atoms. The molecule has 0 fully saturated rings. The van der Waals surface area contributed by atoms with Gasteiger partial charge in [0.25, 0.3) is 0 Å². The van der Waals surface area contributed by atoms with Gasteiger partial charge in [-0.15, -0.1) is 0 Å². The molecular weight excluding hydrogens is 200 g/mol. The largest absolute Gasteiger partial charge is 0.329 e. The molecule has 1 atom stereocenters. The van der Waals surface area contributed by atoms with E-state index in [-0.39, 0.29) is 6.04 Å². The van der Waals surface area contributed by atoms with Gasteiger partial charge in [-0.2, -0.15) is 5.10 Å². The van der Waals surface area contributed by atoms with Crippen LogP contribution in [0.25, 0.3) is 0 Å². The number of aryl methyl sites for hydroxylation is 1. The van der Waals surface area contributed by atoms with E-state index in [9.17, 15) is 0 Å². The van der Waals surface area contributed by atoms with Crippen LogP contribution >= 0.6 is 0 Å². The zero-order valence-electron chi connectivity index (χ0n) is 9.76. The van der Waals surface area contributed by atoms with Crippen molar-refractivity contribution in [3.05, 3.63) is 30.1 Å². The Hall–Kier alpha value is -1.13. The summed E-state index contributed by atoms with van der Waals surface area (Å²) < 4.78 is 1.94. The predicted octanol–water partition coefficient (Wildman–Crippen LogP) is 1.21. The number of aromatic nitrogens is 2. The van der Waals surface area contributed by atoms with E-state index >= 15 is 0 Å². The molecule has 1 aliphatic rings. The summed E-state index contributed by atoms with van der Waals surface area (Å²) >= 11 is 0. The molecule has 1 aromatic heterocycles. The highest BCUT2D eigenvalue weighted by Gasteiger charge is 2.17. The second kappa shape index (κ2) is 5.27. The maximum Gasteiger partial charge on any atom is 0.0538 e. The van der Waals surface area contributed by atoms with Crippen molar-refractivity contribution >= 4 is 0 Å². The minimum absolute atomic E-state index is 0.227. The topological polar surface area (TPSA) is 55.9 Å². The summed E-state index contributed by atoms with van der Waals surface area (Å²) in [6.45, 7) is 3.61. The average molecular weight is 220 g/mol. The first-order chi connectivity index (χ1) is 7.83. The third-order valence-electron chi connectivity index (χ3n) is 3.06. The lowest BCUT2D eigenvalue weighted by atomic mass is 10.1. The molecule has 1 aliphatic carbocycles. The molecular formula is C12H20N4. The van der Waals surface area contributed by atoms with Crippen molar-refractivity contribution in [1.82, 2.24) is 15.1 Å². The van der Waals surface area contributed by atoms with Crippen LogP contribution in [0.1, 0.15) is 31.4 Å². The minimum Gasteiger partial charge on any atom is -0.329 e. The molecule has 0 aromatic carbocycles. The van der Waals surface area contributed by atoms with Crippen LogP contribution in [0.15, 0.2) is 24.5 Å². The number of nitrogens with zero attached hydrogens (tertiary/aromatic N) is 2. The Balaban J connectivity index is 1.98. The van der Waals surface area contributed by atoms with Crippen LogP contribution in [0.3, 0.4) is 0 Å². The van der Waals surface area contributed by atoms with Crippen molar-refractivity contribution in [3.63, 3.8) is 0 Å². The monoisotopic (exact) mass is 220 g/mol. The molecule has 2 rings (SSSR count). The lowest BCUT2D eigenvalue weighted by Gasteiger charge is -2.20. The van der Waals surface area contributed by atoms with E-state index in [0.717, 1.165) is 19.4 Å². The van der Waals surface area contributed by atoms with Crippen molar-refractivity contribution in [2.45, 2.75) is 38.4 Å². The lowest BCUT2D eigenvalue weighted by molar-refractivity contribution is 0.453. The van der Waals surface area contributed by atoms with Gasteiger partial charge in [-0.05, 0) is 19.8 Å². The molecule has 0 saturated heterocycles. The van der Waals surface area contributed by atoms with Crippen molar-refractivity contribution in [2.24, 2.45) is 5.73 Å². The van der Waals surface area contributed by atoms with E-state index in [2.05, 4.69) is 35.7 Å². The van der Waals surface area contributed by atoms with Gasteiger partial charge >= 0.3 is 0 Å². The van der Waals surface area contributed by atoms with Crippen LogP contribution in [0.5, 0.6) is 0 Å². The van der Waals surface area contributed by atoms with Gasteiger partial charge < -0.3 is 11.1 Å². The Morgan fingerprint density at radius 1 is 1.56 bits per heavy atom. The van der Waals surface area contributed by atoms with Crippen LogP contribution in [0, 0.1) is 0 Å². The van der Waals surface area contributed by atoms with Crippen molar-refractivity contribution < 1.29 is 0 Å². The third-order valence-corrected chi connectivity index (χ3v) is 3.06. The molecule has 3 N–H and O–H groups in total. The van der Waals surface area contributed by atoms with Crippen molar-refractivity contribution in [3.8, 4) is 0 Å². The molecule has 1 heterocycles. The highest BCUT2D eigenvalue weighted by molar-refractivity contribution is 5.12. The van der Waals surface area contributed by atoms with E-state index < -0.39 is 0 Å². The first-order valence-electron chi connectivity index (χ1n) is 5.97. The second-order valence-electron chi connectivity index (χ2n) is 4.22. The number of rotatable bonds is 5. The van der Waals surface area contributed by atoms with Gasteiger partial charge in [0.2, 0.25) is 0 Å². The SMILES string of the molecule is CCn1cc(C(CN)NC2CC=CC2)cn1. The third kappa shape index (κ3) is 2.51. The summed E-state index contributed by atoms with van der Waals surface area (Å²) in [5, 5.41) is 7.86. The fraction of sp³-hybridized carbons (Fsp3) is 0.583. The van der Waals surface area contributed by atoms with Gasteiger partial charge in [-0.3, -0.25) is 4.68 Å². The molecule has 4 nitrogen and oxygen atoms in total. The highest BCUT2D eigenvalue weighted by atomic mass is 15.3. The highest BCUT2D eigenvalue weighted by Crippen LogP contribution is 2.16. The number of nitrogens with two attached hydrogens (primary N) is 1. The van der Waals surface area contributed by atoms with E-state index in [1.807, 2.05) is 10.9 Å². The Morgan fingerprint density at radius 3 is 2.88 bits per heavy atom. The molecule has 88 valence electrons. The van der Waals surface area contributed by atoms with E-state index in [4.69, 9.17) is 5.73 Å². The van der Waals surface area contributed by atoms with Gasteiger partial charge in [0, 0.05) is 36.9 Å². The average Bonchev–Trinajstić information content (AvgIpc) is 2.96. The summed E-state index contributed by atoms with van der Waals surface area (Å²) in [7, 11) is 0. The number of nitrogens with one attached hydrogen (secondary N) is 1. The maximum atomic E-state index is 5.81. The van der Waals surface area contributed by atoms with Gasteiger partial charge in [-0.25, -0.2) is 0 Å². The summed E-state index contributed by atoms with van der Waals surface area (Å²) in [4.78, 5) is 0. The van der Waals surface area contributed by atoms with Gasteiger partial charge in [0.05, 0.1) is 6.20 Å². The normalized spacial score (nSPS) is 18.1. The Morgan fingerprint density at radius 2 is 2.31 bits per heavy atom. The molecule has 16 heavy (non-hydrogen) atoms. The summed E-state index contributed by atoms with van der Waals surface area (Å²) in [5.74, 6) is 0. The first-order valence-corrected chi connectivity index (χ1v) is 5.97. The van der Waals surface area contributed by atoms with Crippen LogP contribution in [-0.4, -0.2) is 22.4 Å². The van der Waals surface area contributed by atoms with Crippen LogP contribution in [0.4, 0.5) is 0 Å². The molecule has 0 radical (unpaired) electrons. The molecule has 0 amide bonds. The van der Waals surface area contributed by atoms with Crippen LogP contribution < -0.4 is 11.1 Å². The summed E-state index contributed by atoms with van der Waals surface area (Å²) in [6.07, 6.45) is 10.7. The quantitative estimate of drug-likeness (QED) is 0.733.